The summed E-state index contributed by atoms with van der Waals surface area (Å²) in [6.07, 6.45) is 2.44. The summed E-state index contributed by atoms with van der Waals surface area (Å²) in [6, 6.07) is -0.593. The first-order valence-corrected chi connectivity index (χ1v) is 7.17. The lowest BCUT2D eigenvalue weighted by Gasteiger charge is -2.27. The molecule has 1 aliphatic rings. The molecule has 2 atom stereocenters. The number of carbonyl (C=O) groups is 2. The van der Waals surface area contributed by atoms with Gasteiger partial charge in [0, 0.05) is 11.3 Å². The third-order valence-corrected chi connectivity index (χ3v) is 3.34. The minimum absolute atomic E-state index is 0.0115. The number of urea groups is 1. The largest absolute Gasteiger partial charge is 0.463 e. The van der Waals surface area contributed by atoms with E-state index in [0.717, 1.165) is 12.8 Å². The van der Waals surface area contributed by atoms with Gasteiger partial charge in [0.1, 0.15) is 18.4 Å². The first-order chi connectivity index (χ1) is 10.5. The predicted molar refractivity (Wildman–Crippen MR) is 79.4 cm³/mol. The molecule has 9 heteroatoms. The Morgan fingerprint density at radius 1 is 1.59 bits per heavy atom. The molecule has 0 spiro atoms. The van der Waals surface area contributed by atoms with Gasteiger partial charge in [-0.15, -0.1) is 0 Å². The number of azide groups is 1. The summed E-state index contributed by atoms with van der Waals surface area (Å²) >= 11 is 0. The van der Waals surface area contributed by atoms with E-state index in [9.17, 15) is 9.59 Å². The molecule has 1 aliphatic heterocycles. The van der Waals surface area contributed by atoms with Crippen LogP contribution in [0.1, 0.15) is 39.0 Å². The van der Waals surface area contributed by atoms with Crippen LogP contribution in [-0.4, -0.2) is 43.7 Å². The molecule has 0 aromatic rings. The predicted octanol–water partition coefficient (Wildman–Crippen LogP) is 2.32. The Morgan fingerprint density at radius 2 is 2.36 bits per heavy atom. The Bertz CT molecular complexity index is 463. The third kappa shape index (κ3) is 5.71. The Kier molecular flexibility index (Phi) is 7.34. The van der Waals surface area contributed by atoms with E-state index in [-0.39, 0.29) is 19.1 Å². The molecule has 22 heavy (non-hydrogen) atoms. The van der Waals surface area contributed by atoms with Crippen molar-refractivity contribution in [3.63, 3.8) is 0 Å². The lowest BCUT2D eigenvalue weighted by Crippen LogP contribution is -2.42. The Labute approximate surface area is 128 Å². The number of nitrogens with one attached hydrogen (secondary N) is 1. The molecular formula is C13H21N5O4. The molecule has 0 saturated carbocycles. The maximum atomic E-state index is 11.6. The number of hydrogen-bond donors (Lipinski definition) is 1. The normalized spacial score (nSPS) is 23.4. The maximum Gasteiger partial charge on any atom is 0.342 e. The molecule has 0 aliphatic carbocycles. The van der Waals surface area contributed by atoms with Crippen molar-refractivity contribution in [2.24, 2.45) is 10.1 Å². The van der Waals surface area contributed by atoms with Gasteiger partial charge in [0.25, 0.3) is 0 Å². The van der Waals surface area contributed by atoms with Crippen LogP contribution in [0.2, 0.25) is 0 Å². The highest BCUT2D eigenvalue weighted by atomic mass is 16.6. The zero-order valence-corrected chi connectivity index (χ0v) is 12.7. The molecular weight excluding hydrogens is 290 g/mol. The zero-order valence-electron chi connectivity index (χ0n) is 12.7. The van der Waals surface area contributed by atoms with Crippen molar-refractivity contribution in [3.05, 3.63) is 10.4 Å². The van der Waals surface area contributed by atoms with Gasteiger partial charge in [-0.3, -0.25) is 4.79 Å². The van der Waals surface area contributed by atoms with E-state index in [2.05, 4.69) is 27.1 Å². The Morgan fingerprint density at radius 3 is 3.00 bits per heavy atom. The van der Waals surface area contributed by atoms with E-state index >= 15 is 0 Å². The minimum atomic E-state index is -0.910. The van der Waals surface area contributed by atoms with Crippen LogP contribution in [0.4, 0.5) is 4.79 Å². The molecule has 0 radical (unpaired) electrons. The summed E-state index contributed by atoms with van der Waals surface area (Å²) in [5.74, 6) is -0.314. The fourth-order valence-electron chi connectivity index (χ4n) is 2.13. The van der Waals surface area contributed by atoms with Crippen LogP contribution in [-0.2, 0) is 14.3 Å². The van der Waals surface area contributed by atoms with Crippen LogP contribution in [0, 0.1) is 0 Å². The number of aliphatic imine (C=N–C) groups is 1. The second kappa shape index (κ2) is 9.01. The highest BCUT2D eigenvalue weighted by molar-refractivity contribution is 5.78. The highest BCUT2D eigenvalue weighted by Gasteiger charge is 2.41. The van der Waals surface area contributed by atoms with Gasteiger partial charge in [-0.05, 0) is 31.5 Å². The van der Waals surface area contributed by atoms with Crippen molar-refractivity contribution in [3.8, 4) is 0 Å². The van der Waals surface area contributed by atoms with Gasteiger partial charge < -0.3 is 14.8 Å². The van der Waals surface area contributed by atoms with Crippen molar-refractivity contribution in [2.45, 2.75) is 50.9 Å². The summed E-state index contributed by atoms with van der Waals surface area (Å²) in [4.78, 5) is 28.7. The van der Waals surface area contributed by atoms with Crippen molar-refractivity contribution in [1.29, 1.82) is 0 Å². The number of esters is 1. The molecule has 2 amide bonds. The first-order valence-electron chi connectivity index (χ1n) is 7.17. The summed E-state index contributed by atoms with van der Waals surface area (Å²) in [5, 5.41) is 6.03. The smallest absolute Gasteiger partial charge is 0.342 e. The lowest BCUT2D eigenvalue weighted by molar-refractivity contribution is -0.154. The zero-order chi connectivity index (χ0) is 16.4. The molecule has 9 nitrogen and oxygen atoms in total. The number of rotatable bonds is 8. The number of ether oxygens (including phenoxy) is 2. The monoisotopic (exact) mass is 311 g/mol. The van der Waals surface area contributed by atoms with Crippen molar-refractivity contribution < 1.29 is 19.1 Å². The van der Waals surface area contributed by atoms with Crippen molar-refractivity contribution >= 4 is 18.7 Å². The van der Waals surface area contributed by atoms with Crippen LogP contribution < -0.4 is 5.32 Å². The summed E-state index contributed by atoms with van der Waals surface area (Å²) in [7, 11) is 0. The Hall–Kier alpha value is -2.12. The maximum absolute atomic E-state index is 11.6. The van der Waals surface area contributed by atoms with E-state index in [4.69, 9.17) is 15.0 Å². The van der Waals surface area contributed by atoms with Crippen LogP contribution in [0.3, 0.4) is 0 Å². The summed E-state index contributed by atoms with van der Waals surface area (Å²) < 4.78 is 10.9. The summed E-state index contributed by atoms with van der Waals surface area (Å²) in [6.45, 7) is 5.12. The second-order valence-electron chi connectivity index (χ2n) is 5.09. The standard InChI is InChI=1S/C13H21N5O4/c1-3-4-5-11(19)21-9-13(8-16-18-14)7-6-10(22-13)17-12(20)15-2/h10H,2-9H2,1H3,(H,17,20)/t10-,13-/m1/s1. The van der Waals surface area contributed by atoms with Crippen molar-refractivity contribution in [1.82, 2.24) is 5.32 Å². The molecule has 0 aromatic heterocycles. The van der Waals surface area contributed by atoms with Crippen LogP contribution in [0.5, 0.6) is 0 Å². The van der Waals surface area contributed by atoms with Crippen LogP contribution in [0.25, 0.3) is 10.4 Å². The lowest BCUT2D eigenvalue weighted by atomic mass is 10.0. The van der Waals surface area contributed by atoms with Crippen LogP contribution in [0.15, 0.2) is 10.1 Å². The molecule has 122 valence electrons. The number of unbranched alkanes of at least 4 members (excludes halogenated alkanes) is 1. The van der Waals surface area contributed by atoms with Gasteiger partial charge in [0.2, 0.25) is 0 Å². The minimum Gasteiger partial charge on any atom is -0.463 e. The van der Waals surface area contributed by atoms with Crippen molar-refractivity contribution in [2.75, 3.05) is 13.2 Å². The number of hydrogen-bond acceptors (Lipinski definition) is 5. The molecule has 1 rings (SSSR count). The fraction of sp³-hybridized carbons (Fsp3) is 0.769. The van der Waals surface area contributed by atoms with E-state index in [1.807, 2.05) is 6.92 Å². The molecule has 1 fully saturated rings. The van der Waals surface area contributed by atoms with E-state index in [1.165, 1.54) is 0 Å². The average molecular weight is 311 g/mol. The molecule has 1 saturated heterocycles. The van der Waals surface area contributed by atoms with Crippen LogP contribution >= 0.6 is 0 Å². The SMILES string of the molecule is C=NC(=O)N[C@H]1CC[C@@](CN=[N+]=[N-])(COC(=O)CCCC)O1. The van der Waals surface area contributed by atoms with Gasteiger partial charge in [-0.2, -0.15) is 0 Å². The topological polar surface area (TPSA) is 126 Å². The average Bonchev–Trinajstić information content (AvgIpc) is 2.92. The molecule has 1 heterocycles. The van der Waals surface area contributed by atoms with Gasteiger partial charge in [0.15, 0.2) is 0 Å². The molecule has 0 aromatic carbocycles. The van der Waals surface area contributed by atoms with Gasteiger partial charge in [-0.1, -0.05) is 18.5 Å². The van der Waals surface area contributed by atoms with Gasteiger partial charge in [0.05, 0.1) is 6.54 Å². The summed E-state index contributed by atoms with van der Waals surface area (Å²) in [5.41, 5.74) is 7.58. The van der Waals surface area contributed by atoms with Gasteiger partial charge >= 0.3 is 12.0 Å². The van der Waals surface area contributed by atoms with E-state index < -0.39 is 17.9 Å². The second-order valence-corrected chi connectivity index (χ2v) is 5.09. The third-order valence-electron chi connectivity index (χ3n) is 3.34. The number of amides is 2. The first kappa shape index (κ1) is 17.9. The molecule has 0 unspecified atom stereocenters. The van der Waals surface area contributed by atoms with Gasteiger partial charge in [-0.25, -0.2) is 9.79 Å². The highest BCUT2D eigenvalue weighted by Crippen LogP contribution is 2.30. The number of carbonyl (C=O) groups excluding carboxylic acids is 2. The molecule has 0 bridgehead atoms. The number of nitrogens with zero attached hydrogens (tertiary/aromatic N) is 4. The quantitative estimate of drug-likeness (QED) is 0.242. The van der Waals surface area contributed by atoms with E-state index in [1.54, 1.807) is 0 Å². The fourth-order valence-corrected chi connectivity index (χ4v) is 2.13. The molecule has 1 N–H and O–H groups in total. The Balaban J connectivity index is 2.59. The van der Waals surface area contributed by atoms with E-state index in [0.29, 0.717) is 19.3 Å².